The predicted molar refractivity (Wildman–Crippen MR) is 114 cm³/mol. The number of aromatic hydroxyl groups is 1. The van der Waals surface area contributed by atoms with Gasteiger partial charge in [0.25, 0.3) is 0 Å². The lowest BCUT2D eigenvalue weighted by Gasteiger charge is -2.37. The first-order valence-corrected chi connectivity index (χ1v) is 9.79. The van der Waals surface area contributed by atoms with Crippen molar-refractivity contribution in [1.29, 1.82) is 0 Å². The Morgan fingerprint density at radius 2 is 2.00 bits per heavy atom. The largest absolute Gasteiger partial charge is 0.508 e. The predicted octanol–water partition coefficient (Wildman–Crippen LogP) is 3.84. The van der Waals surface area contributed by atoms with Gasteiger partial charge in [0, 0.05) is 17.8 Å². The van der Waals surface area contributed by atoms with Crippen molar-refractivity contribution < 1.29 is 28.9 Å². The van der Waals surface area contributed by atoms with Crippen LogP contribution in [-0.2, 0) is 17.9 Å². The lowest BCUT2D eigenvalue weighted by Crippen LogP contribution is -2.49. The number of pyridine rings is 1. The first-order valence-electron chi connectivity index (χ1n) is 9.79. The third kappa shape index (κ3) is 4.04. The van der Waals surface area contributed by atoms with Crippen LogP contribution in [0, 0.1) is 12.7 Å². The van der Waals surface area contributed by atoms with Gasteiger partial charge in [0.05, 0.1) is 17.9 Å². The van der Waals surface area contributed by atoms with Crippen LogP contribution in [0.25, 0.3) is 0 Å². The molecule has 0 radical (unpaired) electrons. The second kappa shape index (κ2) is 8.54. The molecule has 1 aliphatic heterocycles. The van der Waals surface area contributed by atoms with Crippen molar-refractivity contribution in [2.45, 2.75) is 20.1 Å². The number of carbonyl (C=O) groups is 2. The number of anilines is 2. The highest BCUT2D eigenvalue weighted by Gasteiger charge is 2.34. The maximum Gasteiger partial charge on any atom is 0.329 e. The minimum absolute atomic E-state index is 0.0360. The Balaban J connectivity index is 1.67. The number of aliphatic carboxylic acids is 1. The van der Waals surface area contributed by atoms with Crippen molar-refractivity contribution >= 4 is 23.4 Å². The second-order valence-corrected chi connectivity index (χ2v) is 7.29. The SMILES string of the molecule is Cc1ccc(OCc2ncccc2F)cc1N1Cc2c(O)cccc2N(CC(=O)O)C1=O. The maximum absolute atomic E-state index is 13.8. The van der Waals surface area contributed by atoms with Gasteiger partial charge in [0.1, 0.15) is 36.2 Å². The topological polar surface area (TPSA) is 103 Å². The highest BCUT2D eigenvalue weighted by atomic mass is 19.1. The summed E-state index contributed by atoms with van der Waals surface area (Å²) in [5.74, 6) is -1.31. The fourth-order valence-corrected chi connectivity index (χ4v) is 3.57. The number of hydrogen-bond donors (Lipinski definition) is 2. The number of carboxylic acids is 1. The van der Waals surface area contributed by atoms with Crippen molar-refractivity contribution in [2.75, 3.05) is 16.3 Å². The number of aromatic nitrogens is 1. The molecular formula is C23H20FN3O5. The molecule has 2 heterocycles. The van der Waals surface area contributed by atoms with E-state index in [1.165, 1.54) is 29.3 Å². The number of urea groups is 1. The second-order valence-electron chi connectivity index (χ2n) is 7.29. The molecule has 1 aliphatic rings. The van der Waals surface area contributed by atoms with E-state index in [0.29, 0.717) is 22.7 Å². The average Bonchev–Trinajstić information content (AvgIpc) is 2.76. The van der Waals surface area contributed by atoms with E-state index in [2.05, 4.69) is 4.98 Å². The number of fused-ring (bicyclic) bond motifs is 1. The summed E-state index contributed by atoms with van der Waals surface area (Å²) in [7, 11) is 0. The molecule has 2 amide bonds. The lowest BCUT2D eigenvalue weighted by molar-refractivity contribution is -0.135. The summed E-state index contributed by atoms with van der Waals surface area (Å²) >= 11 is 0. The molecule has 0 bridgehead atoms. The monoisotopic (exact) mass is 437 g/mol. The van der Waals surface area contributed by atoms with Crippen LogP contribution in [0.3, 0.4) is 0 Å². The molecule has 32 heavy (non-hydrogen) atoms. The molecule has 3 aromatic rings. The van der Waals surface area contributed by atoms with Gasteiger partial charge >= 0.3 is 12.0 Å². The van der Waals surface area contributed by atoms with Crippen LogP contribution in [0.2, 0.25) is 0 Å². The van der Waals surface area contributed by atoms with E-state index in [1.54, 1.807) is 37.3 Å². The van der Waals surface area contributed by atoms with Gasteiger partial charge in [-0.15, -0.1) is 0 Å². The van der Waals surface area contributed by atoms with E-state index in [1.807, 2.05) is 0 Å². The fraction of sp³-hybridized carbons (Fsp3) is 0.174. The minimum atomic E-state index is -1.18. The smallest absolute Gasteiger partial charge is 0.329 e. The molecule has 0 saturated carbocycles. The minimum Gasteiger partial charge on any atom is -0.508 e. The molecule has 0 atom stereocenters. The molecular weight excluding hydrogens is 417 g/mol. The quantitative estimate of drug-likeness (QED) is 0.607. The van der Waals surface area contributed by atoms with Crippen molar-refractivity contribution in [3.63, 3.8) is 0 Å². The number of halogens is 1. The molecule has 0 aliphatic carbocycles. The van der Waals surface area contributed by atoms with Gasteiger partial charge in [0.15, 0.2) is 0 Å². The Morgan fingerprint density at radius 1 is 1.19 bits per heavy atom. The molecule has 9 heteroatoms. The fourth-order valence-electron chi connectivity index (χ4n) is 3.57. The van der Waals surface area contributed by atoms with Gasteiger partial charge in [-0.25, -0.2) is 9.18 Å². The Kier molecular flexibility index (Phi) is 5.63. The van der Waals surface area contributed by atoms with Crippen molar-refractivity contribution in [3.05, 3.63) is 77.4 Å². The number of benzene rings is 2. The summed E-state index contributed by atoms with van der Waals surface area (Å²) in [4.78, 5) is 31.1. The van der Waals surface area contributed by atoms with Crippen molar-refractivity contribution in [3.8, 4) is 11.5 Å². The molecule has 164 valence electrons. The molecule has 2 aromatic carbocycles. The first kappa shape index (κ1) is 21.1. The number of phenolic OH excluding ortho intramolecular Hbond substituents is 1. The number of nitrogens with zero attached hydrogens (tertiary/aromatic N) is 3. The highest BCUT2D eigenvalue weighted by molar-refractivity contribution is 6.08. The van der Waals surface area contributed by atoms with Crippen LogP contribution >= 0.6 is 0 Å². The number of carboxylic acid groups (broad SMARTS) is 1. The van der Waals surface area contributed by atoms with E-state index < -0.39 is 24.4 Å². The van der Waals surface area contributed by atoms with E-state index >= 15 is 0 Å². The number of ether oxygens (including phenoxy) is 1. The molecule has 0 unspecified atom stereocenters. The van der Waals surface area contributed by atoms with E-state index in [0.717, 1.165) is 10.5 Å². The molecule has 8 nitrogen and oxygen atoms in total. The standard InChI is InChI=1S/C23H20FN3O5/c1-14-7-8-15(32-13-18-17(24)4-3-9-25-18)10-20(14)26-11-16-19(5-2-6-21(16)28)27(23(26)31)12-22(29)30/h2-10,28H,11-13H2,1H3,(H,29,30). The number of aryl methyl sites for hydroxylation is 1. The zero-order valence-corrected chi connectivity index (χ0v) is 17.2. The van der Waals surface area contributed by atoms with Gasteiger partial charge in [-0.3, -0.25) is 19.6 Å². The van der Waals surface area contributed by atoms with Crippen molar-refractivity contribution in [1.82, 2.24) is 4.98 Å². The van der Waals surface area contributed by atoms with Crippen LogP contribution in [0.1, 0.15) is 16.8 Å². The third-order valence-electron chi connectivity index (χ3n) is 5.17. The Bertz CT molecular complexity index is 1200. The number of amides is 2. The number of phenols is 1. The summed E-state index contributed by atoms with van der Waals surface area (Å²) in [6.07, 6.45) is 1.47. The summed E-state index contributed by atoms with van der Waals surface area (Å²) in [6, 6.07) is 11.9. The molecule has 1 aromatic heterocycles. The van der Waals surface area contributed by atoms with Gasteiger partial charge in [-0.1, -0.05) is 12.1 Å². The third-order valence-corrected chi connectivity index (χ3v) is 5.17. The highest BCUT2D eigenvalue weighted by Crippen LogP contribution is 2.38. The zero-order valence-electron chi connectivity index (χ0n) is 17.2. The average molecular weight is 437 g/mol. The van der Waals surface area contributed by atoms with E-state index in [4.69, 9.17) is 4.74 Å². The summed E-state index contributed by atoms with van der Waals surface area (Å²) in [5, 5.41) is 19.6. The van der Waals surface area contributed by atoms with Crippen LogP contribution in [-0.4, -0.2) is 33.7 Å². The van der Waals surface area contributed by atoms with Crippen molar-refractivity contribution in [2.24, 2.45) is 0 Å². The number of carbonyl (C=O) groups excluding carboxylic acids is 1. The molecule has 4 rings (SSSR count). The lowest BCUT2D eigenvalue weighted by atomic mass is 10.1. The molecule has 0 spiro atoms. The van der Waals surface area contributed by atoms with Crippen LogP contribution in [0.15, 0.2) is 54.7 Å². The van der Waals surface area contributed by atoms with Crippen LogP contribution in [0.4, 0.5) is 20.6 Å². The Hall–Kier alpha value is -4.14. The normalized spacial score (nSPS) is 13.1. The number of rotatable bonds is 6. The zero-order chi connectivity index (χ0) is 22.8. The van der Waals surface area contributed by atoms with Gasteiger partial charge in [-0.05, 0) is 42.8 Å². The molecule has 2 N–H and O–H groups in total. The van der Waals surface area contributed by atoms with Crippen LogP contribution in [0.5, 0.6) is 11.5 Å². The van der Waals surface area contributed by atoms with E-state index in [-0.39, 0.29) is 24.6 Å². The Morgan fingerprint density at radius 3 is 2.75 bits per heavy atom. The van der Waals surface area contributed by atoms with Crippen LogP contribution < -0.4 is 14.5 Å². The summed E-state index contributed by atoms with van der Waals surface area (Å²) in [5.41, 5.74) is 2.16. The molecule has 0 saturated heterocycles. The number of hydrogen-bond acceptors (Lipinski definition) is 5. The van der Waals surface area contributed by atoms with Gasteiger partial charge < -0.3 is 14.9 Å². The summed E-state index contributed by atoms with van der Waals surface area (Å²) < 4.78 is 19.5. The summed E-state index contributed by atoms with van der Waals surface area (Å²) in [6.45, 7) is 1.20. The maximum atomic E-state index is 13.8. The van der Waals surface area contributed by atoms with E-state index in [9.17, 15) is 24.2 Å². The van der Waals surface area contributed by atoms with Gasteiger partial charge in [0.2, 0.25) is 0 Å². The molecule has 0 fully saturated rings. The van der Waals surface area contributed by atoms with Gasteiger partial charge in [-0.2, -0.15) is 0 Å². The first-order chi connectivity index (χ1) is 15.3. The Labute approximate surface area is 183 Å².